The molecule has 1 aliphatic heterocycles. The zero-order valence-electron chi connectivity index (χ0n) is 10.8. The molecule has 0 spiro atoms. The van der Waals surface area contributed by atoms with Gasteiger partial charge in [0, 0.05) is 45.7 Å². The van der Waals surface area contributed by atoms with Gasteiger partial charge in [0.2, 0.25) is 0 Å². The maximum atomic E-state index is 12.0. The average molecular weight is 347 g/mol. The molecule has 2 heterocycles. The fourth-order valence-electron chi connectivity index (χ4n) is 2.22. The molecule has 1 aromatic rings. The first kappa shape index (κ1) is 15.1. The highest BCUT2D eigenvalue weighted by Gasteiger charge is 2.17. The van der Waals surface area contributed by atoms with Crippen LogP contribution >= 0.6 is 27.3 Å². The van der Waals surface area contributed by atoms with Crippen molar-refractivity contribution in [3.8, 4) is 0 Å². The Morgan fingerprint density at radius 3 is 2.37 bits per heavy atom. The van der Waals surface area contributed by atoms with Gasteiger partial charge in [-0.05, 0) is 28.1 Å². The van der Waals surface area contributed by atoms with Crippen LogP contribution < -0.4 is 0 Å². The highest BCUT2D eigenvalue weighted by molar-refractivity contribution is 9.11. The fraction of sp³-hybridized carbons (Fsp3) is 0.615. The Kier molecular flexibility index (Phi) is 5.97. The van der Waals surface area contributed by atoms with Crippen LogP contribution in [0.5, 0.6) is 0 Å². The Balaban J connectivity index is 1.70. The molecule has 0 radical (unpaired) electrons. The van der Waals surface area contributed by atoms with Gasteiger partial charge in [-0.3, -0.25) is 9.69 Å². The lowest BCUT2D eigenvalue weighted by Gasteiger charge is -2.34. The lowest BCUT2D eigenvalue weighted by Crippen LogP contribution is -2.47. The first-order valence-electron chi connectivity index (χ1n) is 6.53. The van der Waals surface area contributed by atoms with E-state index in [1.165, 1.54) is 11.3 Å². The molecule has 19 heavy (non-hydrogen) atoms. The second-order valence-corrected chi connectivity index (χ2v) is 7.15. The second kappa shape index (κ2) is 7.50. The predicted octanol–water partition coefficient (Wildman–Crippen LogP) is 1.69. The summed E-state index contributed by atoms with van der Waals surface area (Å²) in [5, 5.41) is 8.89. The summed E-state index contributed by atoms with van der Waals surface area (Å²) in [6, 6.07) is 3.81. The van der Waals surface area contributed by atoms with E-state index in [9.17, 15) is 4.79 Å². The molecule has 0 atom stereocenters. The third-order valence-electron chi connectivity index (χ3n) is 3.38. The number of hydrogen-bond donors (Lipinski definition) is 1. The summed E-state index contributed by atoms with van der Waals surface area (Å²) in [4.78, 5) is 17.4. The summed E-state index contributed by atoms with van der Waals surface area (Å²) in [7, 11) is 0. The van der Waals surface area contributed by atoms with Crippen LogP contribution in [-0.4, -0.2) is 66.6 Å². The van der Waals surface area contributed by atoms with Gasteiger partial charge in [0.25, 0.3) is 0 Å². The number of rotatable bonds is 6. The standard InChI is InChI=1S/C13H19BrN2O2S/c14-13-2-1-12(19-13)11(18)3-4-15-5-7-16(8-6-15)9-10-17/h1-2,17H,3-10H2. The van der Waals surface area contributed by atoms with E-state index in [0.717, 1.165) is 47.9 Å². The highest BCUT2D eigenvalue weighted by atomic mass is 79.9. The normalized spacial score (nSPS) is 17.8. The summed E-state index contributed by atoms with van der Waals surface area (Å²) < 4.78 is 1.01. The zero-order chi connectivity index (χ0) is 13.7. The minimum Gasteiger partial charge on any atom is -0.395 e. The van der Waals surface area contributed by atoms with E-state index >= 15 is 0 Å². The molecule has 1 saturated heterocycles. The van der Waals surface area contributed by atoms with Gasteiger partial charge >= 0.3 is 0 Å². The summed E-state index contributed by atoms with van der Waals surface area (Å²) in [6.07, 6.45) is 0.590. The summed E-state index contributed by atoms with van der Waals surface area (Å²) in [6.45, 7) is 5.77. The van der Waals surface area contributed by atoms with Crippen LogP contribution in [-0.2, 0) is 0 Å². The average Bonchev–Trinajstić information content (AvgIpc) is 2.85. The Labute approximate surface area is 126 Å². The van der Waals surface area contributed by atoms with E-state index in [2.05, 4.69) is 25.7 Å². The molecule has 1 aromatic heterocycles. The first-order valence-corrected chi connectivity index (χ1v) is 8.14. The molecule has 1 aliphatic rings. The molecule has 1 fully saturated rings. The van der Waals surface area contributed by atoms with E-state index in [4.69, 9.17) is 5.11 Å². The summed E-state index contributed by atoms with van der Waals surface area (Å²) >= 11 is 4.88. The molecule has 1 N–H and O–H groups in total. The maximum absolute atomic E-state index is 12.0. The molecular formula is C13H19BrN2O2S. The zero-order valence-corrected chi connectivity index (χ0v) is 13.3. The Morgan fingerprint density at radius 1 is 1.21 bits per heavy atom. The molecule has 0 saturated carbocycles. The third-order valence-corrected chi connectivity index (χ3v) is 5.05. The molecule has 4 nitrogen and oxygen atoms in total. The summed E-state index contributed by atoms with van der Waals surface area (Å²) in [5.41, 5.74) is 0. The van der Waals surface area contributed by atoms with Crippen LogP contribution in [0.3, 0.4) is 0 Å². The molecule has 0 aromatic carbocycles. The van der Waals surface area contributed by atoms with Crippen molar-refractivity contribution < 1.29 is 9.90 Å². The van der Waals surface area contributed by atoms with Crippen LogP contribution in [0.25, 0.3) is 0 Å². The van der Waals surface area contributed by atoms with Crippen LogP contribution in [0, 0.1) is 0 Å². The first-order chi connectivity index (χ1) is 9.19. The van der Waals surface area contributed by atoms with Crippen LogP contribution in [0.1, 0.15) is 16.1 Å². The van der Waals surface area contributed by atoms with Crippen molar-refractivity contribution >= 4 is 33.0 Å². The molecule has 0 unspecified atom stereocenters. The third kappa shape index (κ3) is 4.65. The minimum atomic E-state index is 0.228. The number of carbonyl (C=O) groups is 1. The second-order valence-electron chi connectivity index (χ2n) is 4.68. The van der Waals surface area contributed by atoms with Crippen molar-refractivity contribution in [3.05, 3.63) is 20.8 Å². The van der Waals surface area contributed by atoms with Crippen molar-refractivity contribution in [2.24, 2.45) is 0 Å². The van der Waals surface area contributed by atoms with Crippen LogP contribution in [0.4, 0.5) is 0 Å². The lowest BCUT2D eigenvalue weighted by molar-refractivity contribution is 0.0910. The van der Waals surface area contributed by atoms with E-state index in [-0.39, 0.29) is 12.4 Å². The molecule has 2 rings (SSSR count). The van der Waals surface area contributed by atoms with Crippen LogP contribution in [0.15, 0.2) is 15.9 Å². The number of hydrogen-bond acceptors (Lipinski definition) is 5. The van der Waals surface area contributed by atoms with Gasteiger partial charge in [-0.15, -0.1) is 11.3 Å². The quantitative estimate of drug-likeness (QED) is 0.796. The topological polar surface area (TPSA) is 43.8 Å². The smallest absolute Gasteiger partial charge is 0.174 e. The van der Waals surface area contributed by atoms with E-state index < -0.39 is 0 Å². The van der Waals surface area contributed by atoms with E-state index in [0.29, 0.717) is 6.42 Å². The number of aliphatic hydroxyl groups is 1. The highest BCUT2D eigenvalue weighted by Crippen LogP contribution is 2.23. The van der Waals surface area contributed by atoms with Gasteiger partial charge in [0.15, 0.2) is 5.78 Å². The minimum absolute atomic E-state index is 0.228. The van der Waals surface area contributed by atoms with Crippen LogP contribution in [0.2, 0.25) is 0 Å². The monoisotopic (exact) mass is 346 g/mol. The van der Waals surface area contributed by atoms with Crippen molar-refractivity contribution in [1.82, 2.24) is 9.80 Å². The molecule has 0 amide bonds. The number of thiophene rings is 1. The summed E-state index contributed by atoms with van der Waals surface area (Å²) in [5.74, 6) is 0.230. The van der Waals surface area contributed by atoms with Gasteiger partial charge in [0.05, 0.1) is 15.3 Å². The molecular weight excluding hydrogens is 328 g/mol. The predicted molar refractivity (Wildman–Crippen MR) is 80.9 cm³/mol. The largest absolute Gasteiger partial charge is 0.395 e. The van der Waals surface area contributed by atoms with Crippen molar-refractivity contribution in [2.75, 3.05) is 45.9 Å². The van der Waals surface area contributed by atoms with E-state index in [1.54, 1.807) is 0 Å². The Hall–Kier alpha value is -0.270. The van der Waals surface area contributed by atoms with Gasteiger partial charge in [-0.1, -0.05) is 0 Å². The number of aliphatic hydroxyl groups excluding tert-OH is 1. The van der Waals surface area contributed by atoms with E-state index in [1.807, 2.05) is 12.1 Å². The number of β-amino-alcohol motifs (C(OH)–C–C–N with tert-alkyl or cyclic N) is 1. The molecule has 106 valence electrons. The number of ketones is 1. The Morgan fingerprint density at radius 2 is 1.84 bits per heavy atom. The van der Waals surface area contributed by atoms with Crippen molar-refractivity contribution in [1.29, 1.82) is 0 Å². The fourth-order valence-corrected chi connectivity index (χ4v) is 3.58. The molecule has 0 bridgehead atoms. The van der Waals surface area contributed by atoms with Crippen molar-refractivity contribution in [2.45, 2.75) is 6.42 Å². The number of halogens is 1. The molecule has 6 heteroatoms. The number of nitrogens with zero attached hydrogens (tertiary/aromatic N) is 2. The van der Waals surface area contributed by atoms with Gasteiger partial charge in [-0.2, -0.15) is 0 Å². The molecule has 0 aliphatic carbocycles. The lowest BCUT2D eigenvalue weighted by atomic mass is 10.2. The number of Topliss-reactive ketones (excluding diaryl/α,β-unsaturated/α-hetero) is 1. The van der Waals surface area contributed by atoms with Gasteiger partial charge < -0.3 is 10.0 Å². The maximum Gasteiger partial charge on any atom is 0.174 e. The van der Waals surface area contributed by atoms with Gasteiger partial charge in [-0.25, -0.2) is 0 Å². The SMILES string of the molecule is O=C(CCN1CCN(CCO)CC1)c1ccc(Br)s1. The van der Waals surface area contributed by atoms with Gasteiger partial charge in [0.1, 0.15) is 0 Å². The Bertz CT molecular complexity index is 417. The number of piperazine rings is 1. The number of carbonyl (C=O) groups excluding carboxylic acids is 1. The van der Waals surface area contributed by atoms with Crippen molar-refractivity contribution in [3.63, 3.8) is 0 Å².